The summed E-state index contributed by atoms with van der Waals surface area (Å²) in [6.45, 7) is 0.941. The van der Waals surface area contributed by atoms with Crippen molar-refractivity contribution in [2.45, 2.75) is 6.42 Å². The molecule has 2 aromatic rings. The van der Waals surface area contributed by atoms with Gasteiger partial charge in [-0.25, -0.2) is 0 Å². The molecule has 0 radical (unpaired) electrons. The van der Waals surface area contributed by atoms with Gasteiger partial charge in [0.1, 0.15) is 5.75 Å². The highest BCUT2D eigenvalue weighted by Gasteiger charge is 2.13. The maximum atomic E-state index is 12.2. The van der Waals surface area contributed by atoms with Crippen LogP contribution in [-0.4, -0.2) is 19.6 Å². The van der Waals surface area contributed by atoms with E-state index in [0.29, 0.717) is 5.56 Å². The fourth-order valence-electron chi connectivity index (χ4n) is 2.35. The third-order valence-electron chi connectivity index (χ3n) is 3.40. The number of nitrogens with one attached hydrogen (secondary N) is 2. The van der Waals surface area contributed by atoms with Crippen LogP contribution < -0.4 is 15.4 Å². The first-order chi connectivity index (χ1) is 9.76. The Morgan fingerprint density at radius 1 is 1.25 bits per heavy atom. The van der Waals surface area contributed by atoms with E-state index in [1.165, 1.54) is 5.56 Å². The Balaban J connectivity index is 1.79. The number of rotatable bonds is 3. The van der Waals surface area contributed by atoms with Gasteiger partial charge in [-0.1, -0.05) is 6.07 Å². The van der Waals surface area contributed by atoms with Crippen LogP contribution in [-0.2, 0) is 6.42 Å². The van der Waals surface area contributed by atoms with Crippen LogP contribution in [0.3, 0.4) is 0 Å². The highest BCUT2D eigenvalue weighted by Crippen LogP contribution is 2.24. The van der Waals surface area contributed by atoms with Gasteiger partial charge in [-0.15, -0.1) is 0 Å². The quantitative estimate of drug-likeness (QED) is 0.900. The third-order valence-corrected chi connectivity index (χ3v) is 3.40. The number of ether oxygens (including phenoxy) is 1. The van der Waals surface area contributed by atoms with Crippen molar-refractivity contribution in [3.05, 3.63) is 53.6 Å². The van der Waals surface area contributed by atoms with Crippen molar-refractivity contribution in [2.75, 3.05) is 24.3 Å². The van der Waals surface area contributed by atoms with Gasteiger partial charge in [0.25, 0.3) is 5.91 Å². The van der Waals surface area contributed by atoms with Gasteiger partial charge in [0.15, 0.2) is 0 Å². The van der Waals surface area contributed by atoms with Gasteiger partial charge in [0, 0.05) is 29.5 Å². The minimum Gasteiger partial charge on any atom is -0.497 e. The summed E-state index contributed by atoms with van der Waals surface area (Å²) in [6, 6.07) is 13.1. The lowest BCUT2D eigenvalue weighted by Gasteiger charge is -2.08. The Kier molecular flexibility index (Phi) is 3.29. The Hall–Kier alpha value is -2.49. The van der Waals surface area contributed by atoms with E-state index in [1.807, 2.05) is 36.4 Å². The first-order valence-corrected chi connectivity index (χ1v) is 6.58. The predicted octanol–water partition coefficient (Wildman–Crippen LogP) is 2.92. The van der Waals surface area contributed by atoms with Crippen LogP contribution in [0.15, 0.2) is 42.5 Å². The van der Waals surface area contributed by atoms with Gasteiger partial charge in [0.05, 0.1) is 7.11 Å². The number of benzene rings is 2. The van der Waals surface area contributed by atoms with Crippen LogP contribution in [0.1, 0.15) is 15.9 Å². The van der Waals surface area contributed by atoms with E-state index in [-0.39, 0.29) is 5.91 Å². The average Bonchev–Trinajstić information content (AvgIpc) is 2.94. The van der Waals surface area contributed by atoms with E-state index < -0.39 is 0 Å². The van der Waals surface area contributed by atoms with Crippen molar-refractivity contribution in [3.63, 3.8) is 0 Å². The van der Waals surface area contributed by atoms with Gasteiger partial charge in [-0.3, -0.25) is 4.79 Å². The van der Waals surface area contributed by atoms with Gasteiger partial charge < -0.3 is 15.4 Å². The molecule has 0 spiro atoms. The van der Waals surface area contributed by atoms with Crippen molar-refractivity contribution in [3.8, 4) is 5.75 Å². The number of carbonyl (C=O) groups excluding carboxylic acids is 1. The molecule has 4 heteroatoms. The van der Waals surface area contributed by atoms with Gasteiger partial charge >= 0.3 is 0 Å². The highest BCUT2D eigenvalue weighted by molar-refractivity contribution is 6.04. The van der Waals surface area contributed by atoms with Crippen LogP contribution in [0.2, 0.25) is 0 Å². The first kappa shape index (κ1) is 12.5. The van der Waals surface area contributed by atoms with Crippen molar-refractivity contribution < 1.29 is 9.53 Å². The summed E-state index contributed by atoms with van der Waals surface area (Å²) in [7, 11) is 1.61. The van der Waals surface area contributed by atoms with Crippen molar-refractivity contribution in [1.29, 1.82) is 0 Å². The summed E-state index contributed by atoms with van der Waals surface area (Å²) in [4.78, 5) is 12.2. The smallest absolute Gasteiger partial charge is 0.255 e. The molecule has 0 aliphatic carbocycles. The number of anilines is 2. The second-order valence-corrected chi connectivity index (χ2v) is 4.73. The number of fused-ring (bicyclic) bond motifs is 1. The molecule has 1 heterocycles. The number of hydrogen-bond acceptors (Lipinski definition) is 3. The van der Waals surface area contributed by atoms with Crippen LogP contribution >= 0.6 is 0 Å². The van der Waals surface area contributed by atoms with Gasteiger partial charge in [-0.2, -0.15) is 0 Å². The van der Waals surface area contributed by atoms with E-state index in [1.54, 1.807) is 13.2 Å². The number of carbonyl (C=O) groups is 1. The molecule has 0 aromatic heterocycles. The lowest BCUT2D eigenvalue weighted by Crippen LogP contribution is -2.12. The van der Waals surface area contributed by atoms with E-state index in [0.717, 1.165) is 30.1 Å². The Morgan fingerprint density at radius 3 is 3.00 bits per heavy atom. The molecule has 2 N–H and O–H groups in total. The van der Waals surface area contributed by atoms with Crippen LogP contribution in [0.5, 0.6) is 5.75 Å². The zero-order chi connectivity index (χ0) is 13.9. The second-order valence-electron chi connectivity index (χ2n) is 4.73. The molecule has 0 fully saturated rings. The van der Waals surface area contributed by atoms with Crippen LogP contribution in [0.4, 0.5) is 11.4 Å². The molecule has 0 atom stereocenters. The molecule has 2 aromatic carbocycles. The minimum absolute atomic E-state index is 0.104. The summed E-state index contributed by atoms with van der Waals surface area (Å²) in [5.74, 6) is 0.619. The molecule has 4 nitrogen and oxygen atoms in total. The molecule has 0 unspecified atom stereocenters. The summed E-state index contributed by atoms with van der Waals surface area (Å²) in [5.41, 5.74) is 3.73. The molecule has 1 aliphatic heterocycles. The SMILES string of the molecule is COc1cccc(NC(=O)c2ccc3c(c2)CCN3)c1. The predicted molar refractivity (Wildman–Crippen MR) is 79.6 cm³/mol. The molecule has 1 amide bonds. The van der Waals surface area contributed by atoms with E-state index in [4.69, 9.17) is 4.74 Å². The van der Waals surface area contributed by atoms with E-state index in [2.05, 4.69) is 10.6 Å². The Bertz CT molecular complexity index is 653. The minimum atomic E-state index is -0.104. The molecule has 0 saturated heterocycles. The molecular weight excluding hydrogens is 252 g/mol. The largest absolute Gasteiger partial charge is 0.497 e. The highest BCUT2D eigenvalue weighted by atomic mass is 16.5. The van der Waals surface area contributed by atoms with Crippen molar-refractivity contribution in [1.82, 2.24) is 0 Å². The zero-order valence-electron chi connectivity index (χ0n) is 11.3. The normalized spacial score (nSPS) is 12.4. The summed E-state index contributed by atoms with van der Waals surface area (Å²) in [6.07, 6.45) is 0.968. The molecule has 0 saturated carbocycles. The van der Waals surface area contributed by atoms with Gasteiger partial charge in [-0.05, 0) is 42.3 Å². The fraction of sp³-hybridized carbons (Fsp3) is 0.188. The van der Waals surface area contributed by atoms with E-state index in [9.17, 15) is 4.79 Å². The van der Waals surface area contributed by atoms with E-state index >= 15 is 0 Å². The molecule has 3 rings (SSSR count). The number of methoxy groups -OCH3 is 1. The Morgan fingerprint density at radius 2 is 2.15 bits per heavy atom. The maximum Gasteiger partial charge on any atom is 0.255 e. The fourth-order valence-corrected chi connectivity index (χ4v) is 2.35. The van der Waals surface area contributed by atoms with Crippen molar-refractivity contribution in [2.24, 2.45) is 0 Å². The second kappa shape index (κ2) is 5.25. The third kappa shape index (κ3) is 2.45. The lowest BCUT2D eigenvalue weighted by molar-refractivity contribution is 0.102. The molecular formula is C16H16N2O2. The van der Waals surface area contributed by atoms with Gasteiger partial charge in [0.2, 0.25) is 0 Å². The maximum absolute atomic E-state index is 12.2. The average molecular weight is 268 g/mol. The standard InChI is InChI=1S/C16H16N2O2/c1-20-14-4-2-3-13(10-14)18-16(19)12-5-6-15-11(9-12)7-8-17-15/h2-6,9-10,17H,7-8H2,1H3,(H,18,19). The summed E-state index contributed by atoms with van der Waals surface area (Å²) >= 11 is 0. The molecule has 102 valence electrons. The summed E-state index contributed by atoms with van der Waals surface area (Å²) in [5, 5.41) is 6.17. The monoisotopic (exact) mass is 268 g/mol. The number of amides is 1. The van der Waals surface area contributed by atoms with Crippen LogP contribution in [0.25, 0.3) is 0 Å². The lowest BCUT2D eigenvalue weighted by atomic mass is 10.1. The molecule has 1 aliphatic rings. The molecule has 20 heavy (non-hydrogen) atoms. The summed E-state index contributed by atoms with van der Waals surface area (Å²) < 4.78 is 5.14. The first-order valence-electron chi connectivity index (χ1n) is 6.58. The topological polar surface area (TPSA) is 50.4 Å². The number of hydrogen-bond donors (Lipinski definition) is 2. The molecule has 0 bridgehead atoms. The van der Waals surface area contributed by atoms with Crippen molar-refractivity contribution >= 4 is 17.3 Å². The zero-order valence-corrected chi connectivity index (χ0v) is 11.3. The Labute approximate surface area is 117 Å². The van der Waals surface area contributed by atoms with Crippen LogP contribution in [0, 0.1) is 0 Å².